The first-order chi connectivity index (χ1) is 16.7. The third-order valence-corrected chi connectivity index (χ3v) is 5.72. The molecule has 0 radical (unpaired) electrons. The number of carbonyl (C=O) groups excluding carboxylic acids is 1. The fourth-order valence-electron chi connectivity index (χ4n) is 3.82. The number of nitrogens with zero attached hydrogens (tertiary/aromatic N) is 3. The monoisotopic (exact) mass is 482 g/mol. The van der Waals surface area contributed by atoms with Crippen LogP contribution in [0.3, 0.4) is 0 Å². The van der Waals surface area contributed by atoms with Crippen molar-refractivity contribution in [3.05, 3.63) is 83.4 Å². The van der Waals surface area contributed by atoms with Crippen molar-refractivity contribution < 1.29 is 22.7 Å². The number of alkyl halides is 3. The maximum atomic E-state index is 12.7. The van der Waals surface area contributed by atoms with E-state index in [9.17, 15) is 18.0 Å². The smallest absolute Gasteiger partial charge is 0.433 e. The van der Waals surface area contributed by atoms with E-state index in [1.54, 1.807) is 17.2 Å². The molecule has 1 saturated heterocycles. The quantitative estimate of drug-likeness (QED) is 0.458. The van der Waals surface area contributed by atoms with Gasteiger partial charge in [-0.05, 0) is 61.2 Å². The number of aryl methyl sites for hydroxylation is 1. The van der Waals surface area contributed by atoms with Gasteiger partial charge in [0.25, 0.3) is 0 Å². The van der Waals surface area contributed by atoms with E-state index in [-0.39, 0.29) is 17.7 Å². The average molecular weight is 483 g/mol. The zero-order valence-electron chi connectivity index (χ0n) is 19.3. The van der Waals surface area contributed by atoms with Gasteiger partial charge in [0.2, 0.25) is 0 Å². The molecule has 0 saturated carbocycles. The van der Waals surface area contributed by atoms with Crippen molar-refractivity contribution in [2.24, 2.45) is 5.92 Å². The second-order valence-electron chi connectivity index (χ2n) is 8.49. The van der Waals surface area contributed by atoms with Crippen molar-refractivity contribution in [2.45, 2.75) is 26.4 Å². The number of halogens is 3. The summed E-state index contributed by atoms with van der Waals surface area (Å²) in [7, 11) is 0. The first-order valence-electron chi connectivity index (χ1n) is 11.2. The normalized spacial score (nSPS) is 17.3. The Morgan fingerprint density at radius 2 is 1.94 bits per heavy atom. The molecule has 4 rings (SSSR count). The Kier molecular flexibility index (Phi) is 7.04. The lowest BCUT2D eigenvalue weighted by atomic mass is 9.91. The topological polar surface area (TPSA) is 67.4 Å². The van der Waals surface area contributed by atoms with Crippen molar-refractivity contribution >= 4 is 17.8 Å². The summed E-state index contributed by atoms with van der Waals surface area (Å²) < 4.78 is 43.8. The molecule has 1 aliphatic rings. The van der Waals surface area contributed by atoms with Gasteiger partial charge in [0.15, 0.2) is 0 Å². The number of hydrogen-bond donors (Lipinski definition) is 1. The predicted molar refractivity (Wildman–Crippen MR) is 127 cm³/mol. The molecule has 2 amide bonds. The lowest BCUT2D eigenvalue weighted by Crippen LogP contribution is -2.42. The Hall–Kier alpha value is -3.88. The summed E-state index contributed by atoms with van der Waals surface area (Å²) in [5.74, 6) is 0.880. The van der Waals surface area contributed by atoms with Crippen LogP contribution in [0.15, 0.2) is 66.5 Å². The van der Waals surface area contributed by atoms with Gasteiger partial charge in [0, 0.05) is 18.8 Å². The molecule has 1 fully saturated rings. The number of likely N-dealkylation sites (tertiary alicyclic amines) is 1. The molecule has 0 bridgehead atoms. The number of piperidine rings is 1. The van der Waals surface area contributed by atoms with Crippen molar-refractivity contribution in [1.82, 2.24) is 14.9 Å². The fraction of sp³-hybridized carbons (Fsp3) is 0.269. The van der Waals surface area contributed by atoms with Gasteiger partial charge in [0.05, 0.1) is 18.1 Å². The molecule has 1 unspecified atom stereocenters. The van der Waals surface area contributed by atoms with Gasteiger partial charge in [-0.15, -0.1) is 0 Å². The van der Waals surface area contributed by atoms with E-state index in [1.165, 1.54) is 11.6 Å². The van der Waals surface area contributed by atoms with E-state index in [0.717, 1.165) is 29.9 Å². The Morgan fingerprint density at radius 1 is 1.11 bits per heavy atom. The minimum Gasteiger partial charge on any atom is -0.456 e. The van der Waals surface area contributed by atoms with Crippen LogP contribution >= 0.6 is 0 Å². The summed E-state index contributed by atoms with van der Waals surface area (Å²) in [6.07, 6.45) is 1.01. The molecule has 0 spiro atoms. The zero-order valence-corrected chi connectivity index (χ0v) is 19.3. The molecule has 182 valence electrons. The number of aromatic nitrogens is 2. The largest absolute Gasteiger partial charge is 0.456 e. The van der Waals surface area contributed by atoms with Crippen molar-refractivity contribution in [3.8, 4) is 11.5 Å². The van der Waals surface area contributed by atoms with E-state index in [1.807, 2.05) is 37.3 Å². The molecule has 3 aromatic rings. The number of anilines is 1. The Morgan fingerprint density at radius 3 is 2.60 bits per heavy atom. The molecule has 3 heterocycles. The second kappa shape index (κ2) is 10.2. The van der Waals surface area contributed by atoms with Crippen LogP contribution in [-0.2, 0) is 6.18 Å². The third kappa shape index (κ3) is 6.38. The molecule has 1 N–H and O–H groups in total. The highest BCUT2D eigenvalue weighted by Crippen LogP contribution is 2.30. The molecular weight excluding hydrogens is 457 g/mol. The van der Waals surface area contributed by atoms with Crippen LogP contribution in [0.25, 0.3) is 6.08 Å². The van der Waals surface area contributed by atoms with E-state index in [2.05, 4.69) is 28.3 Å². The Balaban J connectivity index is 1.38. The van der Waals surface area contributed by atoms with Crippen LogP contribution in [0.4, 0.5) is 23.7 Å². The van der Waals surface area contributed by atoms with Crippen LogP contribution in [-0.4, -0.2) is 34.0 Å². The molecule has 9 heteroatoms. The highest BCUT2D eigenvalue weighted by atomic mass is 19.4. The van der Waals surface area contributed by atoms with Crippen LogP contribution in [0.2, 0.25) is 0 Å². The van der Waals surface area contributed by atoms with Crippen molar-refractivity contribution in [3.63, 3.8) is 0 Å². The summed E-state index contributed by atoms with van der Waals surface area (Å²) in [5, 5.41) is 2.89. The number of amides is 2. The van der Waals surface area contributed by atoms with Gasteiger partial charge < -0.3 is 15.0 Å². The third-order valence-electron chi connectivity index (χ3n) is 5.72. The summed E-state index contributed by atoms with van der Waals surface area (Å²) in [6, 6.07) is 13.0. The van der Waals surface area contributed by atoms with Gasteiger partial charge in [-0.25, -0.2) is 9.78 Å². The maximum absolute atomic E-state index is 12.7. The summed E-state index contributed by atoms with van der Waals surface area (Å²) >= 11 is 0. The first-order valence-corrected chi connectivity index (χ1v) is 11.2. The number of nitrogens with one attached hydrogen (secondary N) is 1. The predicted octanol–water partition coefficient (Wildman–Crippen LogP) is 6.55. The SMILES string of the molecule is Cc1ccc(NC(=O)N2CCC(=Cc3cccc(Oc4ccc(C(F)(F)F)nc4)c3)C(C)C2)cn1. The molecule has 1 aromatic carbocycles. The van der Waals surface area contributed by atoms with Gasteiger partial charge in [-0.3, -0.25) is 4.98 Å². The highest BCUT2D eigenvalue weighted by molar-refractivity contribution is 5.89. The average Bonchev–Trinajstić information content (AvgIpc) is 2.82. The number of hydrogen-bond acceptors (Lipinski definition) is 4. The van der Waals surface area contributed by atoms with Crippen LogP contribution in [0, 0.1) is 12.8 Å². The van der Waals surface area contributed by atoms with Gasteiger partial charge in [-0.1, -0.05) is 30.7 Å². The zero-order chi connectivity index (χ0) is 25.0. The fourth-order valence-corrected chi connectivity index (χ4v) is 3.82. The minimum atomic E-state index is -4.49. The summed E-state index contributed by atoms with van der Waals surface area (Å²) in [6.45, 7) is 5.14. The minimum absolute atomic E-state index is 0.151. The lowest BCUT2D eigenvalue weighted by molar-refractivity contribution is -0.141. The van der Waals surface area contributed by atoms with Crippen LogP contribution < -0.4 is 10.1 Å². The number of ether oxygens (including phenoxy) is 1. The number of rotatable bonds is 4. The molecule has 0 aliphatic carbocycles. The summed E-state index contributed by atoms with van der Waals surface area (Å²) in [4.78, 5) is 22.0. The van der Waals surface area contributed by atoms with Crippen LogP contribution in [0.5, 0.6) is 11.5 Å². The van der Waals surface area contributed by atoms with E-state index >= 15 is 0 Å². The first kappa shape index (κ1) is 24.3. The highest BCUT2D eigenvalue weighted by Gasteiger charge is 2.32. The molecule has 6 nitrogen and oxygen atoms in total. The molecule has 1 atom stereocenters. The number of benzene rings is 1. The molecule has 2 aromatic heterocycles. The van der Waals surface area contributed by atoms with Gasteiger partial charge in [-0.2, -0.15) is 13.2 Å². The maximum Gasteiger partial charge on any atom is 0.433 e. The Labute approximate surface area is 201 Å². The molecule has 35 heavy (non-hydrogen) atoms. The van der Waals surface area contributed by atoms with Crippen molar-refractivity contribution in [2.75, 3.05) is 18.4 Å². The Bertz CT molecular complexity index is 1210. The standard InChI is InChI=1S/C26H25F3N4O2/c1-17-16-33(25(34)32-21-7-6-18(2)30-14-21)11-10-20(17)12-19-4-3-5-22(13-19)35-23-8-9-24(31-15-23)26(27,28)29/h3-9,12-15,17H,10-11,16H2,1-2H3,(H,32,34). The number of carbonyl (C=O) groups is 1. The number of pyridine rings is 2. The summed E-state index contributed by atoms with van der Waals surface area (Å²) in [5.41, 5.74) is 2.70. The van der Waals surface area contributed by atoms with Gasteiger partial charge in [0.1, 0.15) is 17.2 Å². The van der Waals surface area contributed by atoms with E-state index in [4.69, 9.17) is 4.74 Å². The lowest BCUT2D eigenvalue weighted by Gasteiger charge is -2.33. The van der Waals surface area contributed by atoms with Crippen LogP contribution in [0.1, 0.15) is 30.3 Å². The van der Waals surface area contributed by atoms with E-state index < -0.39 is 11.9 Å². The second-order valence-corrected chi connectivity index (χ2v) is 8.49. The van der Waals surface area contributed by atoms with Gasteiger partial charge >= 0.3 is 12.2 Å². The molecule has 1 aliphatic heterocycles. The van der Waals surface area contributed by atoms with Crippen molar-refractivity contribution in [1.29, 1.82) is 0 Å². The van der Waals surface area contributed by atoms with E-state index in [0.29, 0.717) is 24.5 Å². The number of urea groups is 1. The molecular formula is C26H25F3N4O2.